The maximum atomic E-state index is 12.9. The zero-order valence-electron chi connectivity index (χ0n) is 17.9. The van der Waals surface area contributed by atoms with Gasteiger partial charge in [-0.1, -0.05) is 60.6 Å². The van der Waals surface area contributed by atoms with Gasteiger partial charge < -0.3 is 15.6 Å². The second-order valence-corrected chi connectivity index (χ2v) is 8.72. The molecule has 0 unspecified atom stereocenters. The van der Waals surface area contributed by atoms with E-state index in [1.54, 1.807) is 0 Å². The van der Waals surface area contributed by atoms with Crippen LogP contribution in [0.1, 0.15) is 41.5 Å². The minimum Gasteiger partial charge on any atom is -0.326 e. The van der Waals surface area contributed by atoms with Crippen LogP contribution in [-0.2, 0) is 21.8 Å². The molecule has 8 heteroatoms. The minimum atomic E-state index is -0.906. The van der Waals surface area contributed by atoms with Crippen molar-refractivity contribution in [3.8, 4) is 0 Å². The Morgan fingerprint density at radius 3 is 2.66 bits per heavy atom. The third-order valence-corrected chi connectivity index (χ3v) is 6.28. The lowest BCUT2D eigenvalue weighted by Gasteiger charge is -2.23. The smallest absolute Gasteiger partial charge is 0.257 e. The van der Waals surface area contributed by atoms with Gasteiger partial charge in [0.1, 0.15) is 5.82 Å². The highest BCUT2D eigenvalue weighted by Gasteiger charge is 2.34. The second kappa shape index (κ2) is 9.40. The number of hydrogen-bond donors (Lipinski definition) is 3. The predicted molar refractivity (Wildman–Crippen MR) is 126 cm³/mol. The van der Waals surface area contributed by atoms with Gasteiger partial charge in [0.15, 0.2) is 5.16 Å². The van der Waals surface area contributed by atoms with Crippen molar-refractivity contribution in [3.63, 3.8) is 0 Å². The molecule has 1 aliphatic rings. The van der Waals surface area contributed by atoms with Crippen LogP contribution in [-0.4, -0.2) is 21.8 Å². The van der Waals surface area contributed by atoms with Gasteiger partial charge in [-0.3, -0.25) is 14.4 Å². The number of aromatic nitrogens is 2. The fourth-order valence-corrected chi connectivity index (χ4v) is 4.45. The van der Waals surface area contributed by atoms with Gasteiger partial charge in [0.05, 0.1) is 11.5 Å². The van der Waals surface area contributed by atoms with E-state index in [0.29, 0.717) is 16.6 Å². The molecule has 0 spiro atoms. The Morgan fingerprint density at radius 1 is 1.16 bits per heavy atom. The molecule has 1 atom stereocenters. The summed E-state index contributed by atoms with van der Waals surface area (Å²) in [4.78, 5) is 45.3. The Balaban J connectivity index is 1.55. The van der Waals surface area contributed by atoms with Gasteiger partial charge in [0.2, 0.25) is 11.8 Å². The number of hydrogen-bond acceptors (Lipinski definition) is 5. The fourth-order valence-electron chi connectivity index (χ4n) is 3.65. The summed E-state index contributed by atoms with van der Waals surface area (Å²) in [6, 6.07) is 15.6. The van der Waals surface area contributed by atoms with E-state index in [9.17, 15) is 14.4 Å². The van der Waals surface area contributed by atoms with E-state index in [0.717, 1.165) is 23.1 Å². The van der Waals surface area contributed by atoms with Gasteiger partial charge in [-0.05, 0) is 36.6 Å². The zero-order valence-corrected chi connectivity index (χ0v) is 18.7. The summed E-state index contributed by atoms with van der Waals surface area (Å²) in [5, 5.41) is 5.86. The fraction of sp³-hybridized carbons (Fsp3) is 0.250. The number of fused-ring (bicyclic) bond motifs is 1. The van der Waals surface area contributed by atoms with Crippen molar-refractivity contribution >= 4 is 35.1 Å². The van der Waals surface area contributed by atoms with Crippen LogP contribution in [0.3, 0.4) is 0 Å². The van der Waals surface area contributed by atoms with Crippen LogP contribution in [0.4, 0.5) is 11.5 Å². The highest BCUT2D eigenvalue weighted by atomic mass is 32.2. The van der Waals surface area contributed by atoms with Crippen LogP contribution in [0.15, 0.2) is 58.5 Å². The molecule has 164 valence electrons. The van der Waals surface area contributed by atoms with Crippen molar-refractivity contribution in [1.82, 2.24) is 9.97 Å². The van der Waals surface area contributed by atoms with Crippen molar-refractivity contribution in [2.75, 3.05) is 10.6 Å². The summed E-state index contributed by atoms with van der Waals surface area (Å²) < 4.78 is 0. The standard InChI is InChI=1S/C24H24N4O3S/c1-3-15-7-9-17(10-8-15)25-22(30)18-12-19(29)26-21-20(18)23(31)28-24(27-21)32-13-16-6-4-5-14(2)11-16/h4-11,18H,3,12-13H2,1-2H3,(H,25,30)(H2,26,27,28,29,31)/t18-/m1/s1. The van der Waals surface area contributed by atoms with E-state index in [4.69, 9.17) is 0 Å². The first-order valence-electron chi connectivity index (χ1n) is 10.4. The van der Waals surface area contributed by atoms with E-state index in [2.05, 4.69) is 33.6 Å². The molecule has 3 aromatic rings. The Hall–Kier alpha value is -3.39. The van der Waals surface area contributed by atoms with Gasteiger partial charge in [-0.15, -0.1) is 0 Å². The number of H-pyrrole nitrogens is 1. The number of amides is 2. The molecular formula is C24H24N4O3S. The molecule has 2 amide bonds. The SMILES string of the molecule is CCc1ccc(NC(=O)[C@@H]2CC(=O)Nc3nc(SCc4cccc(C)c4)[nH]c(=O)c32)cc1. The summed E-state index contributed by atoms with van der Waals surface area (Å²) in [5.74, 6) is -0.880. The highest BCUT2D eigenvalue weighted by Crippen LogP contribution is 2.31. The molecule has 0 radical (unpaired) electrons. The Labute approximate surface area is 190 Å². The monoisotopic (exact) mass is 448 g/mol. The van der Waals surface area contributed by atoms with Crippen molar-refractivity contribution in [3.05, 3.63) is 81.1 Å². The number of aryl methyl sites for hydroxylation is 2. The highest BCUT2D eigenvalue weighted by molar-refractivity contribution is 7.98. The summed E-state index contributed by atoms with van der Waals surface area (Å²) >= 11 is 1.37. The number of rotatable bonds is 6. The molecular weight excluding hydrogens is 424 g/mol. The molecule has 0 saturated heterocycles. The molecule has 1 aromatic heterocycles. The van der Waals surface area contributed by atoms with E-state index in [1.165, 1.54) is 11.8 Å². The summed E-state index contributed by atoms with van der Waals surface area (Å²) in [7, 11) is 0. The zero-order chi connectivity index (χ0) is 22.7. The largest absolute Gasteiger partial charge is 0.326 e. The summed E-state index contributed by atoms with van der Waals surface area (Å²) in [5.41, 5.74) is 3.80. The van der Waals surface area contributed by atoms with Crippen LogP contribution in [0, 0.1) is 6.92 Å². The van der Waals surface area contributed by atoms with Crippen LogP contribution in [0.25, 0.3) is 0 Å². The molecule has 2 aromatic carbocycles. The number of nitrogens with one attached hydrogen (secondary N) is 3. The van der Waals surface area contributed by atoms with Gasteiger partial charge in [-0.25, -0.2) is 4.98 Å². The van der Waals surface area contributed by atoms with Gasteiger partial charge in [0, 0.05) is 17.9 Å². The molecule has 0 bridgehead atoms. The van der Waals surface area contributed by atoms with Gasteiger partial charge in [-0.2, -0.15) is 0 Å². The lowest BCUT2D eigenvalue weighted by molar-refractivity contribution is -0.123. The Morgan fingerprint density at radius 2 is 1.94 bits per heavy atom. The van der Waals surface area contributed by atoms with Gasteiger partial charge in [0.25, 0.3) is 5.56 Å². The lowest BCUT2D eigenvalue weighted by Crippen LogP contribution is -2.36. The molecule has 3 N–H and O–H groups in total. The van der Waals surface area contributed by atoms with Crippen molar-refractivity contribution in [2.45, 2.75) is 43.5 Å². The van der Waals surface area contributed by atoms with E-state index < -0.39 is 17.4 Å². The number of carbonyl (C=O) groups excluding carboxylic acids is 2. The summed E-state index contributed by atoms with van der Waals surface area (Å²) in [6.07, 6.45) is 0.794. The number of carbonyl (C=O) groups is 2. The van der Waals surface area contributed by atoms with Crippen LogP contribution in [0.2, 0.25) is 0 Å². The summed E-state index contributed by atoms with van der Waals surface area (Å²) in [6.45, 7) is 4.07. The Bertz CT molecular complexity index is 1220. The molecule has 2 heterocycles. The molecule has 1 aliphatic heterocycles. The van der Waals surface area contributed by atoms with Crippen molar-refractivity contribution in [1.29, 1.82) is 0 Å². The molecule has 0 aliphatic carbocycles. The average Bonchev–Trinajstić information content (AvgIpc) is 2.77. The first-order valence-corrected chi connectivity index (χ1v) is 11.4. The number of thioether (sulfide) groups is 1. The molecule has 7 nitrogen and oxygen atoms in total. The Kier molecular flexibility index (Phi) is 6.41. The third-order valence-electron chi connectivity index (χ3n) is 5.33. The average molecular weight is 449 g/mol. The second-order valence-electron chi connectivity index (χ2n) is 7.76. The number of aromatic amines is 1. The quantitative estimate of drug-likeness (QED) is 0.391. The molecule has 0 saturated carbocycles. The van der Waals surface area contributed by atoms with E-state index in [1.807, 2.05) is 49.4 Å². The molecule has 0 fully saturated rings. The van der Waals surface area contributed by atoms with E-state index in [-0.39, 0.29) is 23.7 Å². The number of nitrogens with zero attached hydrogens (tertiary/aromatic N) is 1. The van der Waals surface area contributed by atoms with Crippen LogP contribution >= 0.6 is 11.8 Å². The molecule has 32 heavy (non-hydrogen) atoms. The van der Waals surface area contributed by atoms with Crippen molar-refractivity contribution in [2.24, 2.45) is 0 Å². The van der Waals surface area contributed by atoms with Crippen LogP contribution < -0.4 is 16.2 Å². The maximum absolute atomic E-state index is 12.9. The topological polar surface area (TPSA) is 104 Å². The maximum Gasteiger partial charge on any atom is 0.257 e. The van der Waals surface area contributed by atoms with E-state index >= 15 is 0 Å². The first kappa shape index (κ1) is 21.8. The minimum absolute atomic E-state index is 0.105. The third kappa shape index (κ3) is 4.91. The van der Waals surface area contributed by atoms with Crippen LogP contribution in [0.5, 0.6) is 0 Å². The number of anilines is 2. The van der Waals surface area contributed by atoms with Crippen molar-refractivity contribution < 1.29 is 9.59 Å². The molecule has 4 rings (SSSR count). The predicted octanol–water partition coefficient (Wildman–Crippen LogP) is 4.00. The first-order chi connectivity index (χ1) is 15.4. The lowest BCUT2D eigenvalue weighted by atomic mass is 9.92. The number of benzene rings is 2. The normalized spacial score (nSPS) is 15.1. The van der Waals surface area contributed by atoms with Gasteiger partial charge >= 0.3 is 0 Å².